The van der Waals surface area contributed by atoms with Gasteiger partial charge >= 0.3 is 0 Å². The van der Waals surface area contributed by atoms with Crippen molar-refractivity contribution in [1.29, 1.82) is 0 Å². The number of rotatable bonds is 5. The fourth-order valence-electron chi connectivity index (χ4n) is 1.95. The van der Waals surface area contributed by atoms with Crippen molar-refractivity contribution in [2.24, 2.45) is 0 Å². The SMILES string of the molecule is CCN(CC)c1nc(N)nc(N(C)c2ccc(F)cc2)n1. The van der Waals surface area contributed by atoms with Crippen molar-refractivity contribution in [3.8, 4) is 0 Å². The van der Waals surface area contributed by atoms with Gasteiger partial charge in [-0.25, -0.2) is 4.39 Å². The number of anilines is 4. The minimum atomic E-state index is -0.286. The van der Waals surface area contributed by atoms with Crippen molar-refractivity contribution >= 4 is 23.5 Å². The summed E-state index contributed by atoms with van der Waals surface area (Å²) in [6.45, 7) is 5.60. The van der Waals surface area contributed by atoms with Crippen LogP contribution in [0, 0.1) is 5.82 Å². The number of hydrogen-bond donors (Lipinski definition) is 1. The first-order chi connectivity index (χ1) is 10.0. The van der Waals surface area contributed by atoms with Gasteiger partial charge in [-0.15, -0.1) is 0 Å². The third kappa shape index (κ3) is 3.36. The molecule has 2 rings (SSSR count). The van der Waals surface area contributed by atoms with Crippen LogP contribution < -0.4 is 15.5 Å². The number of halogens is 1. The molecule has 0 fully saturated rings. The molecule has 21 heavy (non-hydrogen) atoms. The number of nitrogens with zero attached hydrogens (tertiary/aromatic N) is 5. The van der Waals surface area contributed by atoms with Gasteiger partial charge in [0.05, 0.1) is 0 Å². The summed E-state index contributed by atoms with van der Waals surface area (Å²) in [6.07, 6.45) is 0. The second-order valence-electron chi connectivity index (χ2n) is 4.50. The van der Waals surface area contributed by atoms with Crippen molar-refractivity contribution in [2.75, 3.05) is 35.7 Å². The molecule has 2 N–H and O–H groups in total. The highest BCUT2D eigenvalue weighted by molar-refractivity contribution is 5.58. The molecule has 0 saturated heterocycles. The molecule has 0 spiro atoms. The van der Waals surface area contributed by atoms with Gasteiger partial charge in [0.25, 0.3) is 0 Å². The average Bonchev–Trinajstić information content (AvgIpc) is 2.48. The Bertz CT molecular complexity index is 597. The Hall–Kier alpha value is -2.44. The van der Waals surface area contributed by atoms with E-state index in [1.54, 1.807) is 24.1 Å². The summed E-state index contributed by atoms with van der Waals surface area (Å²) in [6, 6.07) is 6.10. The van der Waals surface area contributed by atoms with Gasteiger partial charge in [-0.05, 0) is 38.1 Å². The van der Waals surface area contributed by atoms with Crippen molar-refractivity contribution < 1.29 is 4.39 Å². The van der Waals surface area contributed by atoms with E-state index in [0.29, 0.717) is 11.9 Å². The monoisotopic (exact) mass is 290 g/mol. The molecule has 112 valence electrons. The summed E-state index contributed by atoms with van der Waals surface area (Å²) in [7, 11) is 1.80. The van der Waals surface area contributed by atoms with Crippen LogP contribution in [0.15, 0.2) is 24.3 Å². The number of benzene rings is 1. The van der Waals surface area contributed by atoms with Gasteiger partial charge in [0.2, 0.25) is 17.8 Å². The van der Waals surface area contributed by atoms with E-state index in [1.807, 2.05) is 18.7 Å². The molecule has 6 nitrogen and oxygen atoms in total. The molecule has 0 aliphatic carbocycles. The second-order valence-corrected chi connectivity index (χ2v) is 4.50. The molecule has 1 aromatic carbocycles. The van der Waals surface area contributed by atoms with Crippen molar-refractivity contribution in [3.63, 3.8) is 0 Å². The molecule has 1 aromatic heterocycles. The van der Waals surface area contributed by atoms with E-state index in [0.717, 1.165) is 18.8 Å². The molecule has 7 heteroatoms. The largest absolute Gasteiger partial charge is 0.368 e. The Balaban J connectivity index is 2.36. The predicted molar refractivity (Wildman–Crippen MR) is 82.3 cm³/mol. The maximum atomic E-state index is 13.0. The van der Waals surface area contributed by atoms with Gasteiger partial charge < -0.3 is 15.5 Å². The zero-order valence-electron chi connectivity index (χ0n) is 12.4. The Morgan fingerprint density at radius 3 is 2.14 bits per heavy atom. The second kappa shape index (κ2) is 6.34. The van der Waals surface area contributed by atoms with Gasteiger partial charge in [0.15, 0.2) is 0 Å². The normalized spacial score (nSPS) is 10.5. The van der Waals surface area contributed by atoms with Crippen molar-refractivity contribution in [2.45, 2.75) is 13.8 Å². The predicted octanol–water partition coefficient (Wildman–Crippen LogP) is 2.21. The van der Waals surface area contributed by atoms with E-state index in [-0.39, 0.29) is 11.8 Å². The molecule has 0 radical (unpaired) electrons. The lowest BCUT2D eigenvalue weighted by atomic mass is 10.3. The summed E-state index contributed by atoms with van der Waals surface area (Å²) in [4.78, 5) is 16.5. The molecule has 0 aliphatic heterocycles. The Morgan fingerprint density at radius 2 is 1.57 bits per heavy atom. The Morgan fingerprint density at radius 1 is 1.00 bits per heavy atom. The highest BCUT2D eigenvalue weighted by Gasteiger charge is 2.13. The lowest BCUT2D eigenvalue weighted by Crippen LogP contribution is -2.26. The quantitative estimate of drug-likeness (QED) is 0.910. The molecule has 0 atom stereocenters. The van der Waals surface area contributed by atoms with Crippen LogP contribution in [-0.4, -0.2) is 35.1 Å². The minimum Gasteiger partial charge on any atom is -0.368 e. The fraction of sp³-hybridized carbons (Fsp3) is 0.357. The molecule has 0 saturated carbocycles. The molecule has 0 amide bonds. The van der Waals surface area contributed by atoms with Crippen LogP contribution >= 0.6 is 0 Å². The first-order valence-electron chi connectivity index (χ1n) is 6.81. The molecular weight excluding hydrogens is 271 g/mol. The maximum absolute atomic E-state index is 13.0. The first-order valence-corrected chi connectivity index (χ1v) is 6.81. The smallest absolute Gasteiger partial charge is 0.236 e. The van der Waals surface area contributed by atoms with Crippen LogP contribution in [0.25, 0.3) is 0 Å². The van der Waals surface area contributed by atoms with E-state index in [9.17, 15) is 4.39 Å². The molecule has 1 heterocycles. The first kappa shape index (κ1) is 15.0. The van der Waals surface area contributed by atoms with E-state index in [4.69, 9.17) is 5.73 Å². The third-order valence-corrected chi connectivity index (χ3v) is 3.19. The summed E-state index contributed by atoms with van der Waals surface area (Å²) < 4.78 is 13.0. The van der Waals surface area contributed by atoms with Gasteiger partial charge in [-0.1, -0.05) is 0 Å². The number of aromatic nitrogens is 3. The third-order valence-electron chi connectivity index (χ3n) is 3.19. The lowest BCUT2D eigenvalue weighted by Gasteiger charge is -2.22. The maximum Gasteiger partial charge on any atom is 0.236 e. The van der Waals surface area contributed by atoms with Crippen LogP contribution in [0.5, 0.6) is 0 Å². The van der Waals surface area contributed by atoms with Gasteiger partial charge in [0.1, 0.15) is 5.82 Å². The highest BCUT2D eigenvalue weighted by atomic mass is 19.1. The standard InChI is InChI=1S/C14H19FN6/c1-4-21(5-2)14-18-12(16)17-13(19-14)20(3)11-8-6-10(15)7-9-11/h6-9H,4-5H2,1-3H3,(H2,16,17,18,19). The zero-order valence-corrected chi connectivity index (χ0v) is 12.4. The number of hydrogen-bond acceptors (Lipinski definition) is 6. The van der Waals surface area contributed by atoms with Crippen LogP contribution in [-0.2, 0) is 0 Å². The van der Waals surface area contributed by atoms with Crippen LogP contribution in [0.1, 0.15) is 13.8 Å². The van der Waals surface area contributed by atoms with E-state index >= 15 is 0 Å². The topological polar surface area (TPSA) is 71.2 Å². The number of nitrogen functional groups attached to an aromatic ring is 1. The fourth-order valence-corrected chi connectivity index (χ4v) is 1.95. The molecule has 0 unspecified atom stereocenters. The van der Waals surface area contributed by atoms with Gasteiger partial charge in [-0.2, -0.15) is 15.0 Å². The number of nitrogens with two attached hydrogens (primary N) is 1. The molecule has 0 bridgehead atoms. The Kier molecular flexibility index (Phi) is 4.52. The van der Waals surface area contributed by atoms with Crippen LogP contribution in [0.4, 0.5) is 27.9 Å². The lowest BCUT2D eigenvalue weighted by molar-refractivity contribution is 0.628. The van der Waals surface area contributed by atoms with E-state index < -0.39 is 0 Å². The summed E-state index contributed by atoms with van der Waals surface area (Å²) in [5.74, 6) is 0.842. The van der Waals surface area contributed by atoms with Crippen molar-refractivity contribution in [1.82, 2.24) is 15.0 Å². The van der Waals surface area contributed by atoms with E-state index in [2.05, 4.69) is 15.0 Å². The summed E-state index contributed by atoms with van der Waals surface area (Å²) >= 11 is 0. The molecule has 2 aromatic rings. The van der Waals surface area contributed by atoms with Gasteiger partial charge in [0, 0.05) is 25.8 Å². The average molecular weight is 290 g/mol. The van der Waals surface area contributed by atoms with Crippen LogP contribution in [0.3, 0.4) is 0 Å². The summed E-state index contributed by atoms with van der Waals surface area (Å²) in [5.41, 5.74) is 6.54. The van der Waals surface area contributed by atoms with E-state index in [1.165, 1.54) is 12.1 Å². The van der Waals surface area contributed by atoms with Crippen molar-refractivity contribution in [3.05, 3.63) is 30.1 Å². The minimum absolute atomic E-state index is 0.163. The van der Waals surface area contributed by atoms with Gasteiger partial charge in [-0.3, -0.25) is 0 Å². The molecular formula is C14H19FN6. The zero-order chi connectivity index (χ0) is 15.4. The highest BCUT2D eigenvalue weighted by Crippen LogP contribution is 2.22. The molecule has 0 aliphatic rings. The van der Waals surface area contributed by atoms with Crippen LogP contribution in [0.2, 0.25) is 0 Å². The Labute approximate surface area is 123 Å². The summed E-state index contributed by atoms with van der Waals surface area (Å²) in [5, 5.41) is 0.